The molecule has 19 heavy (non-hydrogen) atoms. The molecule has 1 heterocycles. The minimum atomic E-state index is -0.475. The fourth-order valence-corrected chi connectivity index (χ4v) is 1.60. The Morgan fingerprint density at radius 1 is 1.37 bits per heavy atom. The number of anilines is 1. The molecule has 2 aromatic rings. The van der Waals surface area contributed by atoms with Crippen molar-refractivity contribution in [1.82, 2.24) is 4.98 Å². The molecule has 0 aliphatic carbocycles. The highest BCUT2D eigenvalue weighted by molar-refractivity contribution is 6.02. The van der Waals surface area contributed by atoms with Gasteiger partial charge in [-0.2, -0.15) is 0 Å². The standard InChI is InChI=1S/C14H14FN3O/c1-9-2-4-11(15)13(6-9)18-14(19)12-5-3-10(7-16)8-17-12/h2-6,8H,7,16H2,1H3,(H,18,19). The summed E-state index contributed by atoms with van der Waals surface area (Å²) in [5.74, 6) is -0.925. The van der Waals surface area contributed by atoms with E-state index in [-0.39, 0.29) is 11.4 Å². The number of aryl methyl sites for hydroxylation is 1. The summed E-state index contributed by atoms with van der Waals surface area (Å²) in [4.78, 5) is 15.9. The third-order valence-corrected chi connectivity index (χ3v) is 2.66. The molecular weight excluding hydrogens is 245 g/mol. The summed E-state index contributed by atoms with van der Waals surface area (Å²) >= 11 is 0. The van der Waals surface area contributed by atoms with Gasteiger partial charge in [-0.05, 0) is 36.2 Å². The van der Waals surface area contributed by atoms with Gasteiger partial charge in [0.2, 0.25) is 0 Å². The second-order valence-electron chi connectivity index (χ2n) is 4.19. The van der Waals surface area contributed by atoms with Crippen molar-refractivity contribution in [2.24, 2.45) is 5.73 Å². The molecule has 1 amide bonds. The Labute approximate surface area is 110 Å². The smallest absolute Gasteiger partial charge is 0.274 e. The van der Waals surface area contributed by atoms with Crippen LogP contribution in [-0.2, 0) is 6.54 Å². The minimum absolute atomic E-state index is 0.148. The lowest BCUT2D eigenvalue weighted by molar-refractivity contribution is 0.102. The van der Waals surface area contributed by atoms with Crippen molar-refractivity contribution in [3.63, 3.8) is 0 Å². The van der Waals surface area contributed by atoms with E-state index in [1.807, 2.05) is 6.92 Å². The first-order valence-electron chi connectivity index (χ1n) is 5.82. The first-order valence-corrected chi connectivity index (χ1v) is 5.82. The third-order valence-electron chi connectivity index (χ3n) is 2.66. The van der Waals surface area contributed by atoms with Gasteiger partial charge in [0.1, 0.15) is 11.5 Å². The van der Waals surface area contributed by atoms with E-state index in [2.05, 4.69) is 10.3 Å². The number of nitrogens with two attached hydrogens (primary N) is 1. The number of carbonyl (C=O) groups excluding carboxylic acids is 1. The van der Waals surface area contributed by atoms with Crippen LogP contribution in [0.2, 0.25) is 0 Å². The van der Waals surface area contributed by atoms with Crippen LogP contribution in [0.15, 0.2) is 36.5 Å². The van der Waals surface area contributed by atoms with Crippen LogP contribution in [0.25, 0.3) is 0 Å². The molecule has 98 valence electrons. The Bertz CT molecular complexity index is 596. The average Bonchev–Trinajstić information content (AvgIpc) is 2.43. The zero-order chi connectivity index (χ0) is 13.8. The molecule has 1 aromatic heterocycles. The number of nitrogens with one attached hydrogen (secondary N) is 1. The first kappa shape index (κ1) is 13.2. The van der Waals surface area contributed by atoms with Crippen LogP contribution >= 0.6 is 0 Å². The lowest BCUT2D eigenvalue weighted by Gasteiger charge is -2.07. The number of hydrogen-bond donors (Lipinski definition) is 2. The molecule has 0 fully saturated rings. The van der Waals surface area contributed by atoms with Crippen LogP contribution in [0.5, 0.6) is 0 Å². The summed E-state index contributed by atoms with van der Waals surface area (Å²) in [5, 5.41) is 2.50. The molecule has 4 nitrogen and oxygen atoms in total. The summed E-state index contributed by atoms with van der Waals surface area (Å²) in [7, 11) is 0. The van der Waals surface area contributed by atoms with Gasteiger partial charge in [-0.1, -0.05) is 12.1 Å². The second kappa shape index (κ2) is 5.58. The summed E-state index contributed by atoms with van der Waals surface area (Å²) in [6, 6.07) is 7.80. The molecule has 1 aromatic carbocycles. The van der Waals surface area contributed by atoms with E-state index in [4.69, 9.17) is 5.73 Å². The molecule has 5 heteroatoms. The van der Waals surface area contributed by atoms with Gasteiger partial charge in [-0.3, -0.25) is 9.78 Å². The number of benzene rings is 1. The molecular formula is C14H14FN3O. The number of hydrogen-bond acceptors (Lipinski definition) is 3. The van der Waals surface area contributed by atoms with E-state index in [0.717, 1.165) is 11.1 Å². The Balaban J connectivity index is 2.18. The first-order chi connectivity index (χ1) is 9.10. The SMILES string of the molecule is Cc1ccc(F)c(NC(=O)c2ccc(CN)cn2)c1. The number of nitrogens with zero attached hydrogens (tertiary/aromatic N) is 1. The lowest BCUT2D eigenvalue weighted by Crippen LogP contribution is -2.15. The molecule has 0 saturated heterocycles. The maximum atomic E-state index is 13.5. The predicted molar refractivity (Wildman–Crippen MR) is 71.2 cm³/mol. The highest BCUT2D eigenvalue weighted by Gasteiger charge is 2.10. The van der Waals surface area contributed by atoms with Crippen molar-refractivity contribution < 1.29 is 9.18 Å². The van der Waals surface area contributed by atoms with Crippen LogP contribution in [0.3, 0.4) is 0 Å². The Kier molecular flexibility index (Phi) is 3.87. The summed E-state index contributed by atoms with van der Waals surface area (Å²) < 4.78 is 13.5. The fraction of sp³-hybridized carbons (Fsp3) is 0.143. The van der Waals surface area contributed by atoms with Crippen molar-refractivity contribution in [2.45, 2.75) is 13.5 Å². The quantitative estimate of drug-likeness (QED) is 0.888. The molecule has 0 radical (unpaired) electrons. The maximum absolute atomic E-state index is 13.5. The largest absolute Gasteiger partial charge is 0.326 e. The Morgan fingerprint density at radius 2 is 2.16 bits per heavy atom. The van der Waals surface area contributed by atoms with Crippen LogP contribution in [-0.4, -0.2) is 10.9 Å². The Morgan fingerprint density at radius 3 is 2.79 bits per heavy atom. The highest BCUT2D eigenvalue weighted by atomic mass is 19.1. The van der Waals surface area contributed by atoms with Crippen molar-refractivity contribution >= 4 is 11.6 Å². The molecule has 3 N–H and O–H groups in total. The van der Waals surface area contributed by atoms with Gasteiger partial charge in [0.15, 0.2) is 0 Å². The van der Waals surface area contributed by atoms with Crippen LogP contribution in [0.4, 0.5) is 10.1 Å². The summed E-state index contributed by atoms with van der Waals surface area (Å²) in [6.07, 6.45) is 1.53. The van der Waals surface area contributed by atoms with E-state index in [1.165, 1.54) is 12.3 Å². The monoisotopic (exact) mass is 259 g/mol. The second-order valence-corrected chi connectivity index (χ2v) is 4.19. The molecule has 0 aliphatic rings. The van der Waals surface area contributed by atoms with E-state index in [9.17, 15) is 9.18 Å². The minimum Gasteiger partial charge on any atom is -0.326 e. The maximum Gasteiger partial charge on any atom is 0.274 e. The van der Waals surface area contributed by atoms with Gasteiger partial charge < -0.3 is 11.1 Å². The molecule has 0 saturated carbocycles. The number of rotatable bonds is 3. The van der Waals surface area contributed by atoms with E-state index < -0.39 is 11.7 Å². The summed E-state index contributed by atoms with van der Waals surface area (Å²) in [5.41, 5.74) is 7.51. The highest BCUT2D eigenvalue weighted by Crippen LogP contribution is 2.16. The number of halogens is 1. The van der Waals surface area contributed by atoms with Crippen LogP contribution in [0, 0.1) is 12.7 Å². The van der Waals surface area contributed by atoms with Crippen molar-refractivity contribution in [3.05, 3.63) is 59.2 Å². The normalized spacial score (nSPS) is 10.3. The molecule has 0 atom stereocenters. The number of amides is 1. The molecule has 0 spiro atoms. The third kappa shape index (κ3) is 3.14. The van der Waals surface area contributed by atoms with E-state index in [0.29, 0.717) is 6.54 Å². The van der Waals surface area contributed by atoms with Gasteiger partial charge >= 0.3 is 0 Å². The number of carbonyl (C=O) groups is 1. The van der Waals surface area contributed by atoms with Crippen molar-refractivity contribution in [1.29, 1.82) is 0 Å². The van der Waals surface area contributed by atoms with Gasteiger partial charge in [0, 0.05) is 12.7 Å². The van der Waals surface area contributed by atoms with E-state index >= 15 is 0 Å². The molecule has 0 aliphatic heterocycles. The van der Waals surface area contributed by atoms with Crippen molar-refractivity contribution in [2.75, 3.05) is 5.32 Å². The van der Waals surface area contributed by atoms with Crippen LogP contribution in [0.1, 0.15) is 21.6 Å². The molecule has 0 bridgehead atoms. The lowest BCUT2D eigenvalue weighted by atomic mass is 10.2. The van der Waals surface area contributed by atoms with Crippen molar-refractivity contribution in [3.8, 4) is 0 Å². The van der Waals surface area contributed by atoms with Gasteiger partial charge in [0.05, 0.1) is 5.69 Å². The molecule has 2 rings (SSSR count). The predicted octanol–water partition coefficient (Wildman–Crippen LogP) is 2.24. The van der Waals surface area contributed by atoms with E-state index in [1.54, 1.807) is 24.3 Å². The van der Waals surface area contributed by atoms with Gasteiger partial charge in [-0.25, -0.2) is 4.39 Å². The Hall–Kier alpha value is -2.27. The number of aromatic nitrogens is 1. The fourth-order valence-electron chi connectivity index (χ4n) is 1.60. The molecule has 0 unspecified atom stereocenters. The van der Waals surface area contributed by atoms with Crippen LogP contribution < -0.4 is 11.1 Å². The zero-order valence-corrected chi connectivity index (χ0v) is 10.5. The average molecular weight is 259 g/mol. The van der Waals surface area contributed by atoms with Gasteiger partial charge in [-0.15, -0.1) is 0 Å². The topological polar surface area (TPSA) is 68.0 Å². The number of pyridine rings is 1. The van der Waals surface area contributed by atoms with Gasteiger partial charge in [0.25, 0.3) is 5.91 Å². The summed E-state index contributed by atoms with van der Waals surface area (Å²) in [6.45, 7) is 2.19. The zero-order valence-electron chi connectivity index (χ0n) is 10.5.